The Hall–Kier alpha value is -2.41. The van der Waals surface area contributed by atoms with Crippen LogP contribution < -0.4 is 16.1 Å². The number of imide groups is 1. The van der Waals surface area contributed by atoms with E-state index in [1.807, 2.05) is 35.6 Å². The van der Waals surface area contributed by atoms with Crippen LogP contribution in [0.2, 0.25) is 0 Å². The second-order valence-electron chi connectivity index (χ2n) is 8.49. The summed E-state index contributed by atoms with van der Waals surface area (Å²) in [7, 11) is 0. The SMILES string of the molecule is CC1CCC2(CC1)NC(=O)N(NC(=O)C[NH2+][C@H](c1ccccc1)C(C)C)C2=O. The average Bonchev–Trinajstić information content (AvgIpc) is 2.89. The molecule has 4 amide bonds. The number of hydrogen-bond donors (Lipinski definition) is 3. The van der Waals surface area contributed by atoms with Gasteiger partial charge in [-0.25, -0.2) is 4.79 Å². The molecule has 1 aliphatic heterocycles. The lowest BCUT2D eigenvalue weighted by Crippen LogP contribution is -2.88. The Labute approximate surface area is 166 Å². The van der Waals surface area contributed by atoms with E-state index in [1.165, 1.54) is 0 Å². The summed E-state index contributed by atoms with van der Waals surface area (Å²) in [6.45, 7) is 6.51. The topological polar surface area (TPSA) is 95.1 Å². The van der Waals surface area contributed by atoms with Gasteiger partial charge in [0.2, 0.25) is 0 Å². The molecule has 0 unspecified atom stereocenters. The van der Waals surface area contributed by atoms with Crippen molar-refractivity contribution in [3.05, 3.63) is 35.9 Å². The minimum Gasteiger partial charge on any atom is -0.332 e. The van der Waals surface area contributed by atoms with E-state index in [-0.39, 0.29) is 24.4 Å². The predicted molar refractivity (Wildman–Crippen MR) is 105 cm³/mol. The fourth-order valence-electron chi connectivity index (χ4n) is 4.19. The normalized spacial score (nSPS) is 25.9. The van der Waals surface area contributed by atoms with Crippen molar-refractivity contribution < 1.29 is 19.7 Å². The molecule has 152 valence electrons. The second-order valence-corrected chi connectivity index (χ2v) is 8.49. The van der Waals surface area contributed by atoms with Gasteiger partial charge in [-0.3, -0.25) is 15.0 Å². The van der Waals surface area contributed by atoms with Crippen molar-refractivity contribution in [2.45, 2.75) is 58.0 Å². The van der Waals surface area contributed by atoms with Gasteiger partial charge in [0, 0.05) is 11.5 Å². The molecular weight excluding hydrogens is 356 g/mol. The van der Waals surface area contributed by atoms with Crippen LogP contribution in [-0.4, -0.2) is 34.9 Å². The number of hydrogen-bond acceptors (Lipinski definition) is 3. The highest BCUT2D eigenvalue weighted by molar-refractivity contribution is 6.08. The zero-order valence-electron chi connectivity index (χ0n) is 16.9. The summed E-state index contributed by atoms with van der Waals surface area (Å²) >= 11 is 0. The molecule has 3 rings (SSSR count). The van der Waals surface area contributed by atoms with Crippen LogP contribution in [0.3, 0.4) is 0 Å². The summed E-state index contributed by atoms with van der Waals surface area (Å²) in [4.78, 5) is 37.6. The van der Waals surface area contributed by atoms with E-state index in [2.05, 4.69) is 31.5 Å². The third kappa shape index (κ3) is 4.19. The molecule has 4 N–H and O–H groups in total. The van der Waals surface area contributed by atoms with Crippen molar-refractivity contribution in [3.8, 4) is 0 Å². The summed E-state index contributed by atoms with van der Waals surface area (Å²) in [6, 6.07) is 9.62. The number of benzene rings is 1. The number of urea groups is 1. The number of nitrogens with two attached hydrogens (primary N) is 1. The van der Waals surface area contributed by atoms with Crippen LogP contribution in [0, 0.1) is 11.8 Å². The van der Waals surface area contributed by atoms with Gasteiger partial charge >= 0.3 is 6.03 Å². The molecule has 1 saturated carbocycles. The lowest BCUT2D eigenvalue weighted by atomic mass is 9.77. The molecule has 1 atom stereocenters. The Bertz CT molecular complexity index is 726. The van der Waals surface area contributed by atoms with Gasteiger partial charge in [-0.05, 0) is 31.6 Å². The Kier molecular flexibility index (Phi) is 6.03. The Morgan fingerprint density at radius 1 is 1.25 bits per heavy atom. The number of nitrogens with one attached hydrogen (secondary N) is 2. The van der Waals surface area contributed by atoms with Crippen LogP contribution in [0.25, 0.3) is 0 Å². The van der Waals surface area contributed by atoms with Crippen molar-refractivity contribution in [2.75, 3.05) is 6.54 Å². The number of carbonyl (C=O) groups excluding carboxylic acids is 3. The van der Waals surface area contributed by atoms with Gasteiger partial charge < -0.3 is 10.6 Å². The van der Waals surface area contributed by atoms with Crippen molar-refractivity contribution in [1.82, 2.24) is 15.8 Å². The molecule has 2 fully saturated rings. The van der Waals surface area contributed by atoms with E-state index in [0.29, 0.717) is 24.7 Å². The van der Waals surface area contributed by atoms with E-state index in [9.17, 15) is 14.4 Å². The Morgan fingerprint density at radius 3 is 2.50 bits per heavy atom. The number of rotatable bonds is 6. The first-order valence-electron chi connectivity index (χ1n) is 10.2. The third-order valence-electron chi connectivity index (χ3n) is 5.99. The van der Waals surface area contributed by atoms with Crippen LogP contribution in [-0.2, 0) is 9.59 Å². The van der Waals surface area contributed by atoms with E-state index >= 15 is 0 Å². The monoisotopic (exact) mass is 387 g/mol. The van der Waals surface area contributed by atoms with Crippen molar-refractivity contribution in [1.29, 1.82) is 0 Å². The van der Waals surface area contributed by atoms with Crippen molar-refractivity contribution >= 4 is 17.8 Å². The molecular formula is C21H31N4O3+. The van der Waals surface area contributed by atoms with Gasteiger partial charge in [-0.1, -0.05) is 51.1 Å². The van der Waals surface area contributed by atoms with Gasteiger partial charge in [0.25, 0.3) is 11.8 Å². The van der Waals surface area contributed by atoms with Crippen LogP contribution in [0.15, 0.2) is 30.3 Å². The molecule has 1 saturated heterocycles. The quantitative estimate of drug-likeness (QED) is 0.645. The molecule has 0 radical (unpaired) electrons. The summed E-state index contributed by atoms with van der Waals surface area (Å²) in [5, 5.41) is 5.64. The van der Waals surface area contributed by atoms with Gasteiger partial charge in [0.15, 0.2) is 6.54 Å². The van der Waals surface area contributed by atoms with Crippen LogP contribution >= 0.6 is 0 Å². The average molecular weight is 388 g/mol. The maximum Gasteiger partial charge on any atom is 0.344 e. The highest BCUT2D eigenvalue weighted by Gasteiger charge is 2.52. The van der Waals surface area contributed by atoms with Crippen LogP contribution in [0.4, 0.5) is 4.79 Å². The number of quaternary nitrogens is 1. The van der Waals surface area contributed by atoms with E-state index in [1.54, 1.807) is 0 Å². The zero-order chi connectivity index (χ0) is 20.3. The highest BCUT2D eigenvalue weighted by atomic mass is 16.2. The lowest BCUT2D eigenvalue weighted by molar-refractivity contribution is -0.692. The van der Waals surface area contributed by atoms with Gasteiger partial charge in [0.05, 0.1) is 0 Å². The van der Waals surface area contributed by atoms with Gasteiger partial charge in [-0.15, -0.1) is 0 Å². The predicted octanol–water partition coefficient (Wildman–Crippen LogP) is 1.48. The third-order valence-corrected chi connectivity index (χ3v) is 5.99. The van der Waals surface area contributed by atoms with Crippen molar-refractivity contribution in [2.24, 2.45) is 11.8 Å². The molecule has 1 aromatic carbocycles. The van der Waals surface area contributed by atoms with Crippen LogP contribution in [0.5, 0.6) is 0 Å². The lowest BCUT2D eigenvalue weighted by Gasteiger charge is -2.33. The molecule has 2 aliphatic rings. The first-order chi connectivity index (χ1) is 13.3. The fourth-order valence-corrected chi connectivity index (χ4v) is 4.19. The number of nitrogens with zero attached hydrogens (tertiary/aromatic N) is 1. The van der Waals surface area contributed by atoms with Gasteiger partial charge in [0.1, 0.15) is 11.6 Å². The van der Waals surface area contributed by atoms with Gasteiger partial charge in [-0.2, -0.15) is 5.01 Å². The molecule has 28 heavy (non-hydrogen) atoms. The molecule has 1 spiro atoms. The number of amides is 4. The summed E-state index contributed by atoms with van der Waals surface area (Å²) in [6.07, 6.45) is 3.05. The molecule has 1 aromatic rings. The Morgan fingerprint density at radius 2 is 1.89 bits per heavy atom. The molecule has 7 nitrogen and oxygen atoms in total. The number of carbonyl (C=O) groups is 3. The zero-order valence-corrected chi connectivity index (χ0v) is 16.9. The second kappa shape index (κ2) is 8.31. The minimum atomic E-state index is -0.842. The smallest absolute Gasteiger partial charge is 0.332 e. The minimum absolute atomic E-state index is 0.126. The van der Waals surface area contributed by atoms with Crippen LogP contribution in [0.1, 0.15) is 58.1 Å². The highest BCUT2D eigenvalue weighted by Crippen LogP contribution is 2.35. The maximum atomic E-state index is 12.8. The first-order valence-corrected chi connectivity index (χ1v) is 10.2. The summed E-state index contributed by atoms with van der Waals surface area (Å²) in [5.41, 5.74) is 2.82. The largest absolute Gasteiger partial charge is 0.344 e. The molecule has 1 aliphatic carbocycles. The van der Waals surface area contributed by atoms with E-state index in [0.717, 1.165) is 23.4 Å². The molecule has 0 aromatic heterocycles. The van der Waals surface area contributed by atoms with E-state index in [4.69, 9.17) is 0 Å². The fraction of sp³-hybridized carbons (Fsp3) is 0.571. The summed E-state index contributed by atoms with van der Waals surface area (Å²) < 4.78 is 0. The van der Waals surface area contributed by atoms with E-state index < -0.39 is 11.6 Å². The maximum absolute atomic E-state index is 12.8. The standard InChI is InChI=1S/C21H30N4O3/c1-14(2)18(16-7-5-4-6-8-16)22-13-17(26)24-25-19(27)21(23-20(25)28)11-9-15(3)10-12-21/h4-8,14-15,18,22H,9-13H2,1-3H3,(H,23,28)(H,24,26)/p+1/t15?,18-,21?/m0/s1. The molecule has 7 heteroatoms. The molecule has 0 bridgehead atoms. The first kappa shape index (κ1) is 20.3. The Balaban J connectivity index is 1.58. The van der Waals surface area contributed by atoms with Crippen molar-refractivity contribution in [3.63, 3.8) is 0 Å². The summed E-state index contributed by atoms with van der Waals surface area (Å²) in [5.74, 6) is 0.200. The molecule has 1 heterocycles. The number of hydrazine groups is 1.